The van der Waals surface area contributed by atoms with Crippen molar-refractivity contribution in [2.24, 2.45) is 0 Å². The number of nitrogens with one attached hydrogen (secondary N) is 2. The van der Waals surface area contributed by atoms with Gasteiger partial charge in [-0.2, -0.15) is 0 Å². The topological polar surface area (TPSA) is 58.2 Å². The van der Waals surface area contributed by atoms with E-state index in [0.29, 0.717) is 12.5 Å². The molecule has 0 bridgehead atoms. The van der Waals surface area contributed by atoms with E-state index in [1.165, 1.54) is 11.8 Å². The summed E-state index contributed by atoms with van der Waals surface area (Å²) in [5.41, 5.74) is 1.36. The molecule has 1 unspecified atom stereocenters. The van der Waals surface area contributed by atoms with Crippen molar-refractivity contribution in [3.05, 3.63) is 35.9 Å². The molecule has 1 rings (SSSR count). The highest BCUT2D eigenvalue weighted by Crippen LogP contribution is 2.17. The minimum atomic E-state index is -3.04. The Hall–Kier alpha value is -0.910. The molecule has 0 aromatic heterocycles. The van der Waals surface area contributed by atoms with Crippen molar-refractivity contribution in [2.45, 2.75) is 25.7 Å². The first kappa shape index (κ1) is 16.1. The summed E-state index contributed by atoms with van der Waals surface area (Å²) < 4.78 is 24.1. The molecule has 108 valence electrons. The third-order valence-corrected chi connectivity index (χ3v) is 3.75. The molecule has 0 saturated heterocycles. The Bertz CT molecular complexity index is 446. The van der Waals surface area contributed by atoms with Crippen molar-refractivity contribution in [1.82, 2.24) is 10.0 Å². The highest BCUT2D eigenvalue weighted by molar-refractivity contribution is 7.88. The molecule has 1 aromatic rings. The molecule has 1 aromatic carbocycles. The number of benzene rings is 1. The average Bonchev–Trinajstić information content (AvgIpc) is 2.37. The molecule has 0 spiro atoms. The van der Waals surface area contributed by atoms with Crippen LogP contribution in [-0.2, 0) is 10.0 Å². The van der Waals surface area contributed by atoms with Crippen molar-refractivity contribution in [3.8, 4) is 0 Å². The van der Waals surface area contributed by atoms with Crippen LogP contribution in [0.3, 0.4) is 0 Å². The van der Waals surface area contributed by atoms with Crippen molar-refractivity contribution in [2.75, 3.05) is 25.9 Å². The highest BCUT2D eigenvalue weighted by Gasteiger charge is 2.04. The van der Waals surface area contributed by atoms with Crippen molar-refractivity contribution >= 4 is 10.0 Å². The summed E-state index contributed by atoms with van der Waals surface area (Å²) in [6, 6.07) is 10.5. The Labute approximate surface area is 116 Å². The summed E-state index contributed by atoms with van der Waals surface area (Å²) >= 11 is 0. The second-order valence-electron chi connectivity index (χ2n) is 4.87. The van der Waals surface area contributed by atoms with Gasteiger partial charge in [0.15, 0.2) is 0 Å². The van der Waals surface area contributed by atoms with E-state index in [1.54, 1.807) is 0 Å². The van der Waals surface area contributed by atoms with Crippen molar-refractivity contribution < 1.29 is 8.42 Å². The van der Waals surface area contributed by atoms with E-state index >= 15 is 0 Å². The van der Waals surface area contributed by atoms with Crippen LogP contribution in [0.4, 0.5) is 0 Å². The van der Waals surface area contributed by atoms with Crippen LogP contribution in [0.1, 0.15) is 31.2 Å². The Balaban J connectivity index is 2.05. The van der Waals surface area contributed by atoms with Crippen molar-refractivity contribution in [3.63, 3.8) is 0 Å². The summed E-state index contributed by atoms with van der Waals surface area (Å²) in [5, 5.41) is 3.34. The van der Waals surface area contributed by atoms with Gasteiger partial charge in [-0.05, 0) is 37.4 Å². The van der Waals surface area contributed by atoms with Crippen LogP contribution < -0.4 is 10.0 Å². The fourth-order valence-corrected chi connectivity index (χ4v) is 2.38. The average molecular weight is 284 g/mol. The van der Waals surface area contributed by atoms with Gasteiger partial charge in [0.2, 0.25) is 10.0 Å². The highest BCUT2D eigenvalue weighted by atomic mass is 32.2. The van der Waals surface area contributed by atoms with Crippen LogP contribution in [0.25, 0.3) is 0 Å². The van der Waals surface area contributed by atoms with Gasteiger partial charge in [0.1, 0.15) is 0 Å². The maximum Gasteiger partial charge on any atom is 0.208 e. The summed E-state index contributed by atoms with van der Waals surface area (Å²) in [6.45, 7) is 4.52. The van der Waals surface area contributed by atoms with Gasteiger partial charge in [-0.3, -0.25) is 0 Å². The monoisotopic (exact) mass is 284 g/mol. The van der Waals surface area contributed by atoms with E-state index in [4.69, 9.17) is 0 Å². The maximum atomic E-state index is 10.8. The first-order chi connectivity index (χ1) is 8.99. The third kappa shape index (κ3) is 7.97. The zero-order valence-corrected chi connectivity index (χ0v) is 12.5. The van der Waals surface area contributed by atoms with E-state index in [2.05, 4.69) is 41.2 Å². The van der Waals surface area contributed by atoms with E-state index in [9.17, 15) is 8.42 Å². The minimum absolute atomic E-state index is 0.500. The molecule has 4 nitrogen and oxygen atoms in total. The Morgan fingerprint density at radius 3 is 2.42 bits per heavy atom. The molecule has 0 aliphatic carbocycles. The normalized spacial score (nSPS) is 13.4. The quantitative estimate of drug-likeness (QED) is 0.679. The Morgan fingerprint density at radius 1 is 1.11 bits per heavy atom. The second kappa shape index (κ2) is 8.30. The van der Waals surface area contributed by atoms with E-state index < -0.39 is 10.0 Å². The van der Waals surface area contributed by atoms with E-state index in [1.807, 2.05) is 6.07 Å². The second-order valence-corrected chi connectivity index (χ2v) is 6.70. The van der Waals surface area contributed by atoms with Crippen LogP contribution in [0.15, 0.2) is 30.3 Å². The molecule has 19 heavy (non-hydrogen) atoms. The molecule has 5 heteroatoms. The van der Waals surface area contributed by atoms with Gasteiger partial charge in [0.05, 0.1) is 6.26 Å². The van der Waals surface area contributed by atoms with Gasteiger partial charge in [-0.1, -0.05) is 37.3 Å². The number of hydrogen-bond acceptors (Lipinski definition) is 3. The predicted molar refractivity (Wildman–Crippen MR) is 79.8 cm³/mol. The first-order valence-electron chi connectivity index (χ1n) is 6.69. The lowest BCUT2D eigenvalue weighted by Gasteiger charge is -2.12. The summed E-state index contributed by atoms with van der Waals surface area (Å²) in [5.74, 6) is 0.544. The molecular weight excluding hydrogens is 260 g/mol. The van der Waals surface area contributed by atoms with Crippen LogP contribution in [0, 0.1) is 0 Å². The van der Waals surface area contributed by atoms with Crippen LogP contribution in [0.2, 0.25) is 0 Å². The summed E-state index contributed by atoms with van der Waals surface area (Å²) in [6.07, 6.45) is 3.08. The van der Waals surface area contributed by atoms with Gasteiger partial charge in [-0.15, -0.1) is 0 Å². The lowest BCUT2D eigenvalue weighted by molar-refractivity contribution is 0.566. The van der Waals surface area contributed by atoms with Crippen LogP contribution in [-0.4, -0.2) is 34.3 Å². The first-order valence-corrected chi connectivity index (χ1v) is 8.58. The molecule has 0 aliphatic heterocycles. The Kier molecular flexibility index (Phi) is 7.05. The van der Waals surface area contributed by atoms with Gasteiger partial charge in [0.25, 0.3) is 0 Å². The van der Waals surface area contributed by atoms with Gasteiger partial charge in [0, 0.05) is 6.54 Å². The fraction of sp³-hybridized carbons (Fsp3) is 0.571. The van der Waals surface area contributed by atoms with Crippen LogP contribution >= 0.6 is 0 Å². The molecule has 0 radical (unpaired) electrons. The Morgan fingerprint density at radius 2 is 1.79 bits per heavy atom. The largest absolute Gasteiger partial charge is 0.317 e. The van der Waals surface area contributed by atoms with Crippen molar-refractivity contribution in [1.29, 1.82) is 0 Å². The number of sulfonamides is 1. The molecule has 0 heterocycles. The molecular formula is C14H24N2O2S. The van der Waals surface area contributed by atoms with Gasteiger partial charge in [-0.25, -0.2) is 13.1 Å². The molecule has 0 saturated carbocycles. The summed E-state index contributed by atoms with van der Waals surface area (Å²) in [7, 11) is -3.04. The predicted octanol–water partition coefficient (Wildman–Crippen LogP) is 1.71. The SMILES string of the molecule is CC(CCNCCCNS(C)(=O)=O)c1ccccc1. The molecule has 0 aliphatic rings. The number of hydrogen-bond donors (Lipinski definition) is 2. The smallest absolute Gasteiger partial charge is 0.208 e. The van der Waals surface area contributed by atoms with Crippen LogP contribution in [0.5, 0.6) is 0 Å². The number of rotatable bonds is 9. The molecule has 0 amide bonds. The third-order valence-electron chi connectivity index (χ3n) is 3.02. The van der Waals surface area contributed by atoms with Gasteiger partial charge < -0.3 is 5.32 Å². The standard InChI is InChI=1S/C14H24N2O2S/c1-13(14-7-4-3-5-8-14)9-12-15-10-6-11-16-19(2,17)18/h3-5,7-8,13,15-16H,6,9-12H2,1-2H3. The fourth-order valence-electron chi connectivity index (χ4n) is 1.86. The maximum absolute atomic E-state index is 10.8. The van der Waals surface area contributed by atoms with E-state index in [0.717, 1.165) is 25.9 Å². The molecule has 2 N–H and O–H groups in total. The zero-order chi connectivity index (χ0) is 14.1. The minimum Gasteiger partial charge on any atom is -0.317 e. The van der Waals surface area contributed by atoms with E-state index in [-0.39, 0.29) is 0 Å². The lowest BCUT2D eigenvalue weighted by Crippen LogP contribution is -2.26. The lowest BCUT2D eigenvalue weighted by atomic mass is 9.98. The molecule has 1 atom stereocenters. The molecule has 0 fully saturated rings. The van der Waals surface area contributed by atoms with Gasteiger partial charge >= 0.3 is 0 Å². The zero-order valence-electron chi connectivity index (χ0n) is 11.7. The summed E-state index contributed by atoms with van der Waals surface area (Å²) in [4.78, 5) is 0.